The second kappa shape index (κ2) is 5.77. The molecule has 0 aromatic carbocycles. The molecule has 15 heavy (non-hydrogen) atoms. The summed E-state index contributed by atoms with van der Waals surface area (Å²) in [5.41, 5.74) is 0.358. The van der Waals surface area contributed by atoms with Crippen LogP contribution in [0.2, 0.25) is 0 Å². The molecule has 1 aliphatic carbocycles. The van der Waals surface area contributed by atoms with Gasteiger partial charge in [0.1, 0.15) is 0 Å². The monoisotopic (exact) mass is 226 g/mol. The molecule has 1 aliphatic rings. The van der Waals surface area contributed by atoms with Crippen LogP contribution in [-0.2, 0) is 0 Å². The van der Waals surface area contributed by atoms with Crippen molar-refractivity contribution in [3.63, 3.8) is 0 Å². The molecule has 0 heterocycles. The Morgan fingerprint density at radius 1 is 1.53 bits per heavy atom. The summed E-state index contributed by atoms with van der Waals surface area (Å²) in [4.78, 5) is 2.43. The molecule has 0 N–H and O–H groups in total. The minimum absolute atomic E-state index is 0.358. The van der Waals surface area contributed by atoms with Crippen molar-refractivity contribution in [2.45, 2.75) is 38.6 Å². The van der Waals surface area contributed by atoms with Gasteiger partial charge in [-0.05, 0) is 50.7 Å². The van der Waals surface area contributed by atoms with Gasteiger partial charge < -0.3 is 4.90 Å². The van der Waals surface area contributed by atoms with Crippen LogP contribution in [0.5, 0.6) is 0 Å². The van der Waals surface area contributed by atoms with Gasteiger partial charge in [0.15, 0.2) is 0 Å². The van der Waals surface area contributed by atoms with Crippen molar-refractivity contribution >= 4 is 11.8 Å². The minimum Gasteiger partial charge on any atom is -0.303 e. The van der Waals surface area contributed by atoms with E-state index in [2.05, 4.69) is 31.2 Å². The van der Waals surface area contributed by atoms with E-state index in [9.17, 15) is 0 Å². The SMILES string of the molecule is CSCCC(C)N(C)CC1(CC#N)CC1. The maximum absolute atomic E-state index is 8.76. The number of nitriles is 1. The quantitative estimate of drug-likeness (QED) is 0.668. The molecule has 1 atom stereocenters. The van der Waals surface area contributed by atoms with Gasteiger partial charge in [0.25, 0.3) is 0 Å². The van der Waals surface area contributed by atoms with Crippen LogP contribution in [0, 0.1) is 16.7 Å². The Balaban J connectivity index is 2.28. The molecule has 3 heteroatoms. The third-order valence-corrected chi connectivity index (χ3v) is 4.13. The summed E-state index contributed by atoms with van der Waals surface area (Å²) in [6.07, 6.45) is 6.65. The zero-order valence-electron chi connectivity index (χ0n) is 10.1. The summed E-state index contributed by atoms with van der Waals surface area (Å²) in [5, 5.41) is 8.76. The van der Waals surface area contributed by atoms with Crippen LogP contribution in [0.4, 0.5) is 0 Å². The number of thioether (sulfide) groups is 1. The number of nitrogens with zero attached hydrogens (tertiary/aromatic N) is 2. The van der Waals surface area contributed by atoms with Crippen LogP contribution < -0.4 is 0 Å². The van der Waals surface area contributed by atoms with E-state index >= 15 is 0 Å². The second-order valence-corrected chi connectivity index (χ2v) is 5.87. The molecule has 0 amide bonds. The van der Waals surface area contributed by atoms with E-state index in [0.717, 1.165) is 13.0 Å². The fourth-order valence-electron chi connectivity index (χ4n) is 1.93. The molecular weight excluding hydrogens is 204 g/mol. The van der Waals surface area contributed by atoms with E-state index in [1.807, 2.05) is 11.8 Å². The molecule has 0 aromatic heterocycles. The number of rotatable bonds is 7. The lowest BCUT2D eigenvalue weighted by molar-refractivity contribution is 0.205. The second-order valence-electron chi connectivity index (χ2n) is 4.88. The van der Waals surface area contributed by atoms with Gasteiger partial charge in [-0.25, -0.2) is 0 Å². The smallest absolute Gasteiger partial charge is 0.0628 e. The standard InChI is InChI=1S/C12H22N2S/c1-11(4-9-15-3)14(2)10-12(5-6-12)7-8-13/h11H,4-7,9-10H2,1-3H3. The molecule has 0 aliphatic heterocycles. The first-order valence-electron chi connectivity index (χ1n) is 5.70. The van der Waals surface area contributed by atoms with Crippen molar-refractivity contribution in [3.05, 3.63) is 0 Å². The lowest BCUT2D eigenvalue weighted by atomic mass is 10.0. The lowest BCUT2D eigenvalue weighted by Gasteiger charge is -2.28. The number of hydrogen-bond donors (Lipinski definition) is 0. The number of hydrogen-bond acceptors (Lipinski definition) is 3. The van der Waals surface area contributed by atoms with Crippen molar-refractivity contribution in [2.75, 3.05) is 25.6 Å². The molecule has 1 saturated carbocycles. The lowest BCUT2D eigenvalue weighted by Crippen LogP contribution is -2.34. The van der Waals surface area contributed by atoms with E-state index in [1.54, 1.807) is 0 Å². The highest BCUT2D eigenvalue weighted by atomic mass is 32.2. The molecule has 1 rings (SSSR count). The summed E-state index contributed by atoms with van der Waals surface area (Å²) < 4.78 is 0. The van der Waals surface area contributed by atoms with Gasteiger partial charge >= 0.3 is 0 Å². The molecule has 2 nitrogen and oxygen atoms in total. The van der Waals surface area contributed by atoms with Gasteiger partial charge in [0.2, 0.25) is 0 Å². The Kier molecular flexibility index (Phi) is 4.95. The Labute approximate surface area is 98.0 Å². The average molecular weight is 226 g/mol. The minimum atomic E-state index is 0.358. The van der Waals surface area contributed by atoms with Gasteiger partial charge in [0, 0.05) is 19.0 Å². The topological polar surface area (TPSA) is 27.0 Å². The molecule has 86 valence electrons. The normalized spacial score (nSPS) is 19.9. The first kappa shape index (κ1) is 12.9. The van der Waals surface area contributed by atoms with Crippen molar-refractivity contribution < 1.29 is 0 Å². The summed E-state index contributed by atoms with van der Waals surface area (Å²) in [5.74, 6) is 1.23. The summed E-state index contributed by atoms with van der Waals surface area (Å²) >= 11 is 1.91. The van der Waals surface area contributed by atoms with Crippen molar-refractivity contribution in [1.82, 2.24) is 4.90 Å². The summed E-state index contributed by atoms with van der Waals surface area (Å²) in [6, 6.07) is 2.97. The van der Waals surface area contributed by atoms with Crippen LogP contribution in [0.25, 0.3) is 0 Å². The highest BCUT2D eigenvalue weighted by Crippen LogP contribution is 2.49. The first-order valence-corrected chi connectivity index (χ1v) is 7.09. The summed E-state index contributed by atoms with van der Waals surface area (Å²) in [7, 11) is 2.20. The van der Waals surface area contributed by atoms with E-state index in [1.165, 1.54) is 25.0 Å². The van der Waals surface area contributed by atoms with Crippen LogP contribution >= 0.6 is 11.8 Å². The molecule has 1 fully saturated rings. The fraction of sp³-hybridized carbons (Fsp3) is 0.917. The Morgan fingerprint density at radius 3 is 2.67 bits per heavy atom. The third-order valence-electron chi connectivity index (χ3n) is 3.49. The van der Waals surface area contributed by atoms with Crippen LogP contribution in [0.1, 0.15) is 32.6 Å². The van der Waals surface area contributed by atoms with Gasteiger partial charge in [-0.1, -0.05) is 0 Å². The third kappa shape index (κ3) is 4.04. The van der Waals surface area contributed by atoms with Crippen LogP contribution in [0.3, 0.4) is 0 Å². The molecule has 0 aromatic rings. The molecule has 0 bridgehead atoms. The van der Waals surface area contributed by atoms with E-state index in [-0.39, 0.29) is 0 Å². The largest absolute Gasteiger partial charge is 0.303 e. The predicted octanol–water partition coefficient (Wildman–Crippen LogP) is 2.75. The highest BCUT2D eigenvalue weighted by Gasteiger charge is 2.43. The first-order chi connectivity index (χ1) is 7.13. The Morgan fingerprint density at radius 2 is 2.20 bits per heavy atom. The maximum Gasteiger partial charge on any atom is 0.0628 e. The van der Waals surface area contributed by atoms with E-state index < -0.39 is 0 Å². The zero-order chi connectivity index (χ0) is 11.3. The molecule has 0 spiro atoms. The van der Waals surface area contributed by atoms with E-state index in [4.69, 9.17) is 5.26 Å². The zero-order valence-corrected chi connectivity index (χ0v) is 10.9. The fourth-order valence-corrected chi connectivity index (χ4v) is 2.51. The van der Waals surface area contributed by atoms with Gasteiger partial charge in [-0.2, -0.15) is 17.0 Å². The van der Waals surface area contributed by atoms with Gasteiger partial charge in [0.05, 0.1) is 6.07 Å². The maximum atomic E-state index is 8.76. The van der Waals surface area contributed by atoms with Gasteiger partial charge in [-0.3, -0.25) is 0 Å². The molecular formula is C12H22N2S. The Hall–Kier alpha value is -0.200. The molecule has 0 saturated heterocycles. The summed E-state index contributed by atoms with van der Waals surface area (Å²) in [6.45, 7) is 3.40. The van der Waals surface area contributed by atoms with Crippen molar-refractivity contribution in [1.29, 1.82) is 5.26 Å². The molecule has 0 radical (unpaired) electrons. The van der Waals surface area contributed by atoms with Crippen molar-refractivity contribution in [3.8, 4) is 6.07 Å². The molecule has 1 unspecified atom stereocenters. The average Bonchev–Trinajstić information content (AvgIpc) is 2.94. The Bertz CT molecular complexity index is 230. The van der Waals surface area contributed by atoms with E-state index in [0.29, 0.717) is 11.5 Å². The van der Waals surface area contributed by atoms with Crippen LogP contribution in [0.15, 0.2) is 0 Å². The van der Waals surface area contributed by atoms with Crippen molar-refractivity contribution in [2.24, 2.45) is 5.41 Å². The predicted molar refractivity (Wildman–Crippen MR) is 67.0 cm³/mol. The highest BCUT2D eigenvalue weighted by molar-refractivity contribution is 7.98. The van der Waals surface area contributed by atoms with Crippen LogP contribution in [-0.4, -0.2) is 36.5 Å². The van der Waals surface area contributed by atoms with Gasteiger partial charge in [-0.15, -0.1) is 0 Å².